The van der Waals surface area contributed by atoms with Crippen LogP contribution in [0.1, 0.15) is 5.56 Å². The van der Waals surface area contributed by atoms with Gasteiger partial charge in [-0.2, -0.15) is 0 Å². The molecule has 0 N–H and O–H groups in total. The molecule has 62 valence electrons. The molecule has 0 bridgehead atoms. The molecule has 0 saturated heterocycles. The van der Waals surface area contributed by atoms with Crippen LogP contribution in [0.25, 0.3) is 5.76 Å². The van der Waals surface area contributed by atoms with E-state index >= 15 is 0 Å². The standard InChI is InChI=1S/C9H9NOS/c1-7-8-4-2-3-5-9(8)10(12)6-11-7/h2-5,12H,1,6H2. The average Bonchev–Trinajstić information content (AvgIpc) is 2.12. The van der Waals surface area contributed by atoms with Crippen LogP contribution >= 0.6 is 12.8 Å². The van der Waals surface area contributed by atoms with Crippen LogP contribution in [0.2, 0.25) is 0 Å². The van der Waals surface area contributed by atoms with Crippen molar-refractivity contribution in [3.05, 3.63) is 36.4 Å². The Balaban J connectivity index is 2.55. The second-order valence-electron chi connectivity index (χ2n) is 2.61. The number of hydrogen-bond donors (Lipinski definition) is 1. The molecule has 1 aromatic rings. The summed E-state index contributed by atoms with van der Waals surface area (Å²) in [4.78, 5) is 0. The molecule has 1 aliphatic heterocycles. The maximum absolute atomic E-state index is 5.27. The second kappa shape index (κ2) is 2.75. The number of para-hydroxylation sites is 1. The van der Waals surface area contributed by atoms with Gasteiger partial charge in [0.2, 0.25) is 0 Å². The molecule has 0 saturated carbocycles. The third-order valence-electron chi connectivity index (χ3n) is 1.84. The third kappa shape index (κ3) is 1.06. The lowest BCUT2D eigenvalue weighted by Crippen LogP contribution is -2.20. The van der Waals surface area contributed by atoms with Crippen molar-refractivity contribution in [2.24, 2.45) is 0 Å². The maximum atomic E-state index is 5.27. The minimum Gasteiger partial charge on any atom is -0.472 e. The number of nitrogens with zero attached hydrogens (tertiary/aromatic N) is 1. The van der Waals surface area contributed by atoms with Crippen molar-refractivity contribution in [2.45, 2.75) is 0 Å². The van der Waals surface area contributed by atoms with E-state index < -0.39 is 0 Å². The van der Waals surface area contributed by atoms with E-state index in [0.717, 1.165) is 17.0 Å². The second-order valence-corrected chi connectivity index (χ2v) is 3.10. The Bertz CT molecular complexity index is 324. The van der Waals surface area contributed by atoms with Crippen LogP contribution in [0.5, 0.6) is 0 Å². The van der Waals surface area contributed by atoms with Gasteiger partial charge in [-0.1, -0.05) is 31.5 Å². The molecule has 0 radical (unpaired) electrons. The van der Waals surface area contributed by atoms with Gasteiger partial charge < -0.3 is 4.74 Å². The van der Waals surface area contributed by atoms with Gasteiger partial charge in [0, 0.05) is 5.56 Å². The molecule has 0 unspecified atom stereocenters. The van der Waals surface area contributed by atoms with Crippen molar-refractivity contribution >= 4 is 24.3 Å². The number of anilines is 1. The van der Waals surface area contributed by atoms with E-state index in [9.17, 15) is 0 Å². The number of ether oxygens (including phenoxy) is 1. The van der Waals surface area contributed by atoms with Crippen molar-refractivity contribution in [3.63, 3.8) is 0 Å². The number of benzene rings is 1. The minimum atomic E-state index is 0.457. The zero-order valence-corrected chi connectivity index (χ0v) is 7.42. The van der Waals surface area contributed by atoms with Crippen molar-refractivity contribution in [1.82, 2.24) is 0 Å². The Labute approximate surface area is 77.0 Å². The molecule has 0 aliphatic carbocycles. The summed E-state index contributed by atoms with van der Waals surface area (Å²) < 4.78 is 7.03. The summed E-state index contributed by atoms with van der Waals surface area (Å²) >= 11 is 4.25. The zero-order valence-electron chi connectivity index (χ0n) is 6.53. The van der Waals surface area contributed by atoms with Crippen LogP contribution in [0.15, 0.2) is 30.8 Å². The normalized spacial score (nSPS) is 15.4. The van der Waals surface area contributed by atoms with Gasteiger partial charge in [-0.3, -0.25) is 4.31 Å². The van der Waals surface area contributed by atoms with E-state index in [2.05, 4.69) is 19.4 Å². The van der Waals surface area contributed by atoms with Gasteiger partial charge in [-0.15, -0.1) is 0 Å². The number of rotatable bonds is 0. The van der Waals surface area contributed by atoms with E-state index in [-0.39, 0.29) is 0 Å². The van der Waals surface area contributed by atoms with Gasteiger partial charge in [-0.05, 0) is 12.1 Å². The third-order valence-corrected chi connectivity index (χ3v) is 2.17. The first-order valence-corrected chi connectivity index (χ1v) is 4.06. The molecule has 3 heteroatoms. The molecule has 2 nitrogen and oxygen atoms in total. The lowest BCUT2D eigenvalue weighted by Gasteiger charge is -2.27. The molecular formula is C9H9NOS. The predicted octanol–water partition coefficient (Wildman–Crippen LogP) is 2.30. The van der Waals surface area contributed by atoms with Crippen molar-refractivity contribution in [2.75, 3.05) is 11.0 Å². The van der Waals surface area contributed by atoms with Gasteiger partial charge >= 0.3 is 0 Å². The zero-order chi connectivity index (χ0) is 8.55. The highest BCUT2D eigenvalue weighted by molar-refractivity contribution is 7.81. The summed E-state index contributed by atoms with van der Waals surface area (Å²) in [5.41, 5.74) is 2.07. The van der Waals surface area contributed by atoms with E-state index in [4.69, 9.17) is 4.74 Å². The summed E-state index contributed by atoms with van der Waals surface area (Å²) in [7, 11) is 0. The molecule has 0 aromatic heterocycles. The highest BCUT2D eigenvalue weighted by Crippen LogP contribution is 2.32. The SMILES string of the molecule is C=C1OCN(S)c2ccccc21. The number of fused-ring (bicyclic) bond motifs is 1. The van der Waals surface area contributed by atoms with Crippen molar-refractivity contribution < 1.29 is 4.74 Å². The van der Waals surface area contributed by atoms with Gasteiger partial charge in [0.15, 0.2) is 6.73 Å². The van der Waals surface area contributed by atoms with E-state index in [1.165, 1.54) is 0 Å². The quantitative estimate of drug-likeness (QED) is 0.613. The topological polar surface area (TPSA) is 12.5 Å². The Kier molecular flexibility index (Phi) is 1.73. The summed E-state index contributed by atoms with van der Waals surface area (Å²) in [6.45, 7) is 4.26. The largest absolute Gasteiger partial charge is 0.472 e. The van der Waals surface area contributed by atoms with E-state index in [1.807, 2.05) is 24.3 Å². The summed E-state index contributed by atoms with van der Waals surface area (Å²) in [6.07, 6.45) is 0. The Morgan fingerprint density at radius 3 is 2.92 bits per heavy atom. The van der Waals surface area contributed by atoms with Crippen molar-refractivity contribution in [1.29, 1.82) is 0 Å². The van der Waals surface area contributed by atoms with Crippen LogP contribution in [-0.4, -0.2) is 6.73 Å². The first kappa shape index (κ1) is 7.55. The van der Waals surface area contributed by atoms with Crippen LogP contribution in [-0.2, 0) is 4.74 Å². The summed E-state index contributed by atoms with van der Waals surface area (Å²) in [5, 5.41) is 0. The molecule has 12 heavy (non-hydrogen) atoms. The predicted molar refractivity (Wildman–Crippen MR) is 52.9 cm³/mol. The molecule has 0 amide bonds. The molecule has 1 heterocycles. The number of hydrogen-bond acceptors (Lipinski definition) is 3. The first-order chi connectivity index (χ1) is 5.79. The lowest BCUT2D eigenvalue weighted by atomic mass is 10.1. The van der Waals surface area contributed by atoms with Crippen LogP contribution in [0, 0.1) is 0 Å². The van der Waals surface area contributed by atoms with Crippen LogP contribution in [0.3, 0.4) is 0 Å². The van der Waals surface area contributed by atoms with Gasteiger partial charge in [0.1, 0.15) is 5.76 Å². The lowest BCUT2D eigenvalue weighted by molar-refractivity contribution is 0.286. The van der Waals surface area contributed by atoms with Crippen LogP contribution < -0.4 is 4.31 Å². The fourth-order valence-electron chi connectivity index (χ4n) is 1.22. The molecule has 0 spiro atoms. The fraction of sp³-hybridized carbons (Fsp3) is 0.111. The highest BCUT2D eigenvalue weighted by atomic mass is 32.1. The van der Waals surface area contributed by atoms with E-state index in [0.29, 0.717) is 6.73 Å². The van der Waals surface area contributed by atoms with Gasteiger partial charge in [0.25, 0.3) is 0 Å². The molecule has 1 aromatic carbocycles. The Morgan fingerprint density at radius 2 is 2.17 bits per heavy atom. The van der Waals surface area contributed by atoms with E-state index in [1.54, 1.807) is 4.31 Å². The van der Waals surface area contributed by atoms with Crippen LogP contribution in [0.4, 0.5) is 5.69 Å². The Morgan fingerprint density at radius 1 is 1.42 bits per heavy atom. The molecule has 1 aliphatic rings. The maximum Gasteiger partial charge on any atom is 0.170 e. The average molecular weight is 179 g/mol. The molecule has 0 atom stereocenters. The minimum absolute atomic E-state index is 0.457. The van der Waals surface area contributed by atoms with Gasteiger partial charge in [-0.25, -0.2) is 0 Å². The first-order valence-electron chi connectivity index (χ1n) is 3.66. The molecule has 2 rings (SSSR count). The summed E-state index contributed by atoms with van der Waals surface area (Å²) in [6, 6.07) is 7.90. The van der Waals surface area contributed by atoms with Crippen molar-refractivity contribution in [3.8, 4) is 0 Å². The monoisotopic (exact) mass is 179 g/mol. The molecule has 0 fully saturated rings. The fourth-order valence-corrected chi connectivity index (χ4v) is 1.45. The highest BCUT2D eigenvalue weighted by Gasteiger charge is 2.16. The smallest absolute Gasteiger partial charge is 0.170 e. The molecular weight excluding hydrogens is 170 g/mol. The summed E-state index contributed by atoms with van der Waals surface area (Å²) in [5.74, 6) is 0.718. The van der Waals surface area contributed by atoms with Gasteiger partial charge in [0.05, 0.1) is 5.69 Å². The Hall–Kier alpha value is -1.09. The number of thiol groups is 1.